The minimum Gasteiger partial charge on any atom is -0.421 e. The first-order chi connectivity index (χ1) is 9.06. The van der Waals surface area contributed by atoms with Crippen molar-refractivity contribution >= 4 is 0 Å². The van der Waals surface area contributed by atoms with Crippen LogP contribution >= 0.6 is 0 Å². The third-order valence-electron chi connectivity index (χ3n) is 2.97. The summed E-state index contributed by atoms with van der Waals surface area (Å²) in [7, 11) is 0. The van der Waals surface area contributed by atoms with E-state index in [0.717, 1.165) is 24.1 Å². The first kappa shape index (κ1) is 13.7. The summed E-state index contributed by atoms with van der Waals surface area (Å²) in [6.45, 7) is 9.23. The molecule has 4 heteroatoms. The van der Waals surface area contributed by atoms with E-state index in [-0.39, 0.29) is 0 Å². The van der Waals surface area contributed by atoms with Gasteiger partial charge in [0.2, 0.25) is 11.8 Å². The van der Waals surface area contributed by atoms with Crippen molar-refractivity contribution in [2.75, 3.05) is 6.54 Å². The molecule has 2 aromatic rings. The summed E-state index contributed by atoms with van der Waals surface area (Å²) in [5.74, 6) is 1.29. The van der Waals surface area contributed by atoms with Gasteiger partial charge < -0.3 is 9.73 Å². The molecule has 0 unspecified atom stereocenters. The Kier molecular flexibility index (Phi) is 4.32. The maximum atomic E-state index is 5.71. The molecule has 102 valence electrons. The number of aromatic nitrogens is 2. The Morgan fingerprint density at radius 3 is 2.68 bits per heavy atom. The SMILES string of the molecule is Cc1ccc(-c2nnc(CCNC(C)C)o2)c(C)c1. The molecule has 0 saturated heterocycles. The largest absolute Gasteiger partial charge is 0.421 e. The summed E-state index contributed by atoms with van der Waals surface area (Å²) in [6, 6.07) is 6.70. The summed E-state index contributed by atoms with van der Waals surface area (Å²) < 4.78 is 5.71. The standard InChI is InChI=1S/C15H21N3O/c1-10(2)16-8-7-14-17-18-15(19-14)13-6-5-11(3)9-12(13)4/h5-6,9-10,16H,7-8H2,1-4H3. The molecule has 1 aromatic carbocycles. The fraction of sp³-hybridized carbons (Fsp3) is 0.467. The van der Waals surface area contributed by atoms with E-state index < -0.39 is 0 Å². The van der Waals surface area contributed by atoms with Crippen molar-refractivity contribution in [1.29, 1.82) is 0 Å². The topological polar surface area (TPSA) is 51.0 Å². The van der Waals surface area contributed by atoms with Gasteiger partial charge in [-0.15, -0.1) is 10.2 Å². The lowest BCUT2D eigenvalue weighted by Gasteiger charge is -2.05. The number of aryl methyl sites for hydroxylation is 2. The normalized spacial score (nSPS) is 11.2. The number of nitrogens with zero attached hydrogens (tertiary/aromatic N) is 2. The van der Waals surface area contributed by atoms with Crippen LogP contribution < -0.4 is 5.32 Å². The molecule has 0 amide bonds. The van der Waals surface area contributed by atoms with Gasteiger partial charge in [0.1, 0.15) is 0 Å². The highest BCUT2D eigenvalue weighted by molar-refractivity contribution is 5.58. The predicted octanol–water partition coefficient (Wildman–Crippen LogP) is 2.89. The average molecular weight is 259 g/mol. The Morgan fingerprint density at radius 1 is 1.21 bits per heavy atom. The van der Waals surface area contributed by atoms with Gasteiger partial charge in [0, 0.05) is 24.6 Å². The van der Waals surface area contributed by atoms with E-state index in [9.17, 15) is 0 Å². The van der Waals surface area contributed by atoms with Gasteiger partial charge in [0.15, 0.2) is 0 Å². The Hall–Kier alpha value is -1.68. The van der Waals surface area contributed by atoms with Gasteiger partial charge in [-0.25, -0.2) is 0 Å². The molecule has 0 spiro atoms. The predicted molar refractivity (Wildman–Crippen MR) is 76.1 cm³/mol. The average Bonchev–Trinajstić information content (AvgIpc) is 2.77. The quantitative estimate of drug-likeness (QED) is 0.897. The molecular formula is C15H21N3O. The summed E-state index contributed by atoms with van der Waals surface area (Å²) >= 11 is 0. The zero-order valence-electron chi connectivity index (χ0n) is 12.0. The molecule has 1 heterocycles. The highest BCUT2D eigenvalue weighted by Crippen LogP contribution is 2.22. The second-order valence-corrected chi connectivity index (χ2v) is 5.18. The van der Waals surface area contributed by atoms with Gasteiger partial charge in [-0.1, -0.05) is 31.5 Å². The Labute approximate surface area is 114 Å². The minimum absolute atomic E-state index is 0.474. The van der Waals surface area contributed by atoms with Crippen LogP contribution in [0.2, 0.25) is 0 Å². The number of hydrogen-bond acceptors (Lipinski definition) is 4. The van der Waals surface area contributed by atoms with E-state index in [1.165, 1.54) is 5.56 Å². The molecule has 0 aliphatic carbocycles. The molecule has 0 atom stereocenters. The van der Waals surface area contributed by atoms with Crippen LogP contribution in [0.5, 0.6) is 0 Å². The highest BCUT2D eigenvalue weighted by atomic mass is 16.4. The second kappa shape index (κ2) is 5.97. The smallest absolute Gasteiger partial charge is 0.247 e. The zero-order valence-corrected chi connectivity index (χ0v) is 12.0. The molecule has 0 aliphatic heterocycles. The Morgan fingerprint density at radius 2 is 2.00 bits per heavy atom. The molecule has 0 aliphatic rings. The molecule has 0 saturated carbocycles. The maximum Gasteiger partial charge on any atom is 0.247 e. The lowest BCUT2D eigenvalue weighted by atomic mass is 10.1. The molecule has 1 aromatic heterocycles. The monoisotopic (exact) mass is 259 g/mol. The zero-order chi connectivity index (χ0) is 13.8. The molecular weight excluding hydrogens is 238 g/mol. The number of hydrogen-bond donors (Lipinski definition) is 1. The van der Waals surface area contributed by atoms with E-state index in [0.29, 0.717) is 17.8 Å². The van der Waals surface area contributed by atoms with Gasteiger partial charge in [-0.3, -0.25) is 0 Å². The van der Waals surface area contributed by atoms with Gasteiger partial charge >= 0.3 is 0 Å². The van der Waals surface area contributed by atoms with Crippen LogP contribution in [0.15, 0.2) is 22.6 Å². The summed E-state index contributed by atoms with van der Waals surface area (Å²) in [5.41, 5.74) is 3.42. The fourth-order valence-corrected chi connectivity index (χ4v) is 1.98. The number of benzene rings is 1. The van der Waals surface area contributed by atoms with Crippen LogP contribution in [0.3, 0.4) is 0 Å². The third-order valence-corrected chi connectivity index (χ3v) is 2.97. The molecule has 0 bridgehead atoms. The lowest BCUT2D eigenvalue weighted by Crippen LogP contribution is -2.25. The Balaban J connectivity index is 2.08. The van der Waals surface area contributed by atoms with E-state index in [1.54, 1.807) is 0 Å². The van der Waals surface area contributed by atoms with Crippen molar-refractivity contribution in [3.63, 3.8) is 0 Å². The van der Waals surface area contributed by atoms with Gasteiger partial charge in [0.25, 0.3) is 0 Å². The first-order valence-electron chi connectivity index (χ1n) is 6.69. The van der Waals surface area contributed by atoms with Gasteiger partial charge in [0.05, 0.1) is 0 Å². The maximum absolute atomic E-state index is 5.71. The fourth-order valence-electron chi connectivity index (χ4n) is 1.98. The van der Waals surface area contributed by atoms with Gasteiger partial charge in [-0.2, -0.15) is 0 Å². The van der Waals surface area contributed by atoms with Crippen molar-refractivity contribution in [2.24, 2.45) is 0 Å². The van der Waals surface area contributed by atoms with Crippen molar-refractivity contribution < 1.29 is 4.42 Å². The molecule has 19 heavy (non-hydrogen) atoms. The molecule has 4 nitrogen and oxygen atoms in total. The van der Waals surface area contributed by atoms with Crippen molar-refractivity contribution in [3.8, 4) is 11.5 Å². The first-order valence-corrected chi connectivity index (χ1v) is 6.69. The van der Waals surface area contributed by atoms with Crippen molar-refractivity contribution in [1.82, 2.24) is 15.5 Å². The van der Waals surface area contributed by atoms with E-state index >= 15 is 0 Å². The highest BCUT2D eigenvalue weighted by Gasteiger charge is 2.10. The summed E-state index contributed by atoms with van der Waals surface area (Å²) in [4.78, 5) is 0. The van der Waals surface area contributed by atoms with Crippen LogP contribution in [-0.2, 0) is 6.42 Å². The number of rotatable bonds is 5. The van der Waals surface area contributed by atoms with Crippen LogP contribution in [0, 0.1) is 13.8 Å². The van der Waals surface area contributed by atoms with E-state index in [1.807, 2.05) is 6.07 Å². The minimum atomic E-state index is 0.474. The number of nitrogens with one attached hydrogen (secondary N) is 1. The van der Waals surface area contributed by atoms with Crippen molar-refractivity contribution in [3.05, 3.63) is 35.2 Å². The lowest BCUT2D eigenvalue weighted by molar-refractivity contribution is 0.484. The van der Waals surface area contributed by atoms with Crippen LogP contribution in [0.1, 0.15) is 30.9 Å². The summed E-state index contributed by atoms with van der Waals surface area (Å²) in [6.07, 6.45) is 0.760. The van der Waals surface area contributed by atoms with E-state index in [4.69, 9.17) is 4.42 Å². The Bertz CT molecular complexity index is 546. The molecule has 0 fully saturated rings. The molecule has 0 radical (unpaired) electrons. The van der Waals surface area contributed by atoms with E-state index in [2.05, 4.69) is 55.3 Å². The van der Waals surface area contributed by atoms with Crippen LogP contribution in [-0.4, -0.2) is 22.8 Å². The molecule has 1 N–H and O–H groups in total. The molecule has 2 rings (SSSR count). The second-order valence-electron chi connectivity index (χ2n) is 5.18. The third kappa shape index (κ3) is 3.64. The van der Waals surface area contributed by atoms with Crippen molar-refractivity contribution in [2.45, 2.75) is 40.2 Å². The van der Waals surface area contributed by atoms with Crippen LogP contribution in [0.4, 0.5) is 0 Å². The van der Waals surface area contributed by atoms with Crippen LogP contribution in [0.25, 0.3) is 11.5 Å². The summed E-state index contributed by atoms with van der Waals surface area (Å²) in [5, 5.41) is 11.6. The van der Waals surface area contributed by atoms with Gasteiger partial charge in [-0.05, 0) is 25.5 Å².